The van der Waals surface area contributed by atoms with Crippen LogP contribution in [-0.4, -0.2) is 28.5 Å². The number of halogens is 1. The van der Waals surface area contributed by atoms with E-state index in [1.807, 2.05) is 13.8 Å². The van der Waals surface area contributed by atoms with Crippen LogP contribution in [-0.2, 0) is 17.8 Å². The van der Waals surface area contributed by atoms with Crippen LogP contribution >= 0.6 is 11.3 Å². The minimum absolute atomic E-state index is 0.166. The first-order valence-electron chi connectivity index (χ1n) is 9.43. The van der Waals surface area contributed by atoms with Crippen LogP contribution < -0.4 is 5.32 Å². The number of nitrogens with one attached hydrogen (secondary N) is 1. The van der Waals surface area contributed by atoms with Crippen molar-refractivity contribution in [1.29, 1.82) is 5.26 Å². The van der Waals surface area contributed by atoms with Crippen LogP contribution in [0, 0.1) is 31.0 Å². The number of nitrogens with zero attached hydrogens (tertiary/aromatic N) is 3. The molecule has 3 aromatic rings. The van der Waals surface area contributed by atoms with Gasteiger partial charge in [0.25, 0.3) is 0 Å². The van der Waals surface area contributed by atoms with Crippen molar-refractivity contribution < 1.29 is 9.18 Å². The number of fused-ring (bicyclic) bond motifs is 1. The van der Waals surface area contributed by atoms with Crippen molar-refractivity contribution in [2.75, 3.05) is 18.4 Å². The number of rotatable bonds is 4. The van der Waals surface area contributed by atoms with Crippen molar-refractivity contribution in [3.63, 3.8) is 0 Å². The van der Waals surface area contributed by atoms with Gasteiger partial charge in [-0.1, -0.05) is 0 Å². The van der Waals surface area contributed by atoms with Gasteiger partial charge in [0.05, 0.1) is 12.1 Å². The van der Waals surface area contributed by atoms with Crippen molar-refractivity contribution in [3.05, 3.63) is 68.8 Å². The summed E-state index contributed by atoms with van der Waals surface area (Å²) in [6.07, 6.45) is 0.952. The Balaban J connectivity index is 1.59. The highest BCUT2D eigenvalue weighted by Crippen LogP contribution is 2.30. The predicted molar refractivity (Wildman–Crippen MR) is 112 cm³/mol. The maximum atomic E-state index is 13.4. The second-order valence-corrected chi connectivity index (χ2v) is 8.24. The Bertz CT molecular complexity index is 1110. The molecule has 1 aromatic carbocycles. The average molecular weight is 409 g/mol. The van der Waals surface area contributed by atoms with E-state index in [2.05, 4.69) is 27.7 Å². The molecular formula is C22H21FN4OS. The van der Waals surface area contributed by atoms with Gasteiger partial charge in [0.2, 0.25) is 5.91 Å². The molecular weight excluding hydrogens is 387 g/mol. The molecule has 4 rings (SSSR count). The molecule has 2 aromatic heterocycles. The summed E-state index contributed by atoms with van der Waals surface area (Å²) in [7, 11) is 0. The second kappa shape index (κ2) is 7.82. The van der Waals surface area contributed by atoms with Gasteiger partial charge in [0.1, 0.15) is 17.7 Å². The van der Waals surface area contributed by atoms with Crippen LogP contribution in [0.15, 0.2) is 35.7 Å². The number of nitriles is 1. The van der Waals surface area contributed by atoms with E-state index < -0.39 is 0 Å². The fourth-order valence-electron chi connectivity index (χ4n) is 3.79. The largest absolute Gasteiger partial charge is 0.310 e. The number of benzene rings is 1. The number of anilines is 1. The van der Waals surface area contributed by atoms with Crippen LogP contribution in [0.2, 0.25) is 0 Å². The maximum absolute atomic E-state index is 13.4. The minimum atomic E-state index is -0.334. The molecule has 7 heteroatoms. The Kier molecular flexibility index (Phi) is 5.22. The summed E-state index contributed by atoms with van der Waals surface area (Å²) in [5, 5.41) is 14.7. The summed E-state index contributed by atoms with van der Waals surface area (Å²) in [6, 6.07) is 10.3. The SMILES string of the molecule is Cc1c(C#N)c(NC(=O)CN2CCc3sccc3C2)n(-c2ccc(F)cc2)c1C. The van der Waals surface area contributed by atoms with E-state index in [0.29, 0.717) is 17.1 Å². The molecule has 0 fully saturated rings. The van der Waals surface area contributed by atoms with Gasteiger partial charge in [-0.05, 0) is 67.1 Å². The third kappa shape index (κ3) is 3.69. The Morgan fingerprint density at radius 1 is 1.28 bits per heavy atom. The number of amides is 1. The lowest BCUT2D eigenvalue weighted by atomic mass is 10.1. The Morgan fingerprint density at radius 3 is 2.76 bits per heavy atom. The average Bonchev–Trinajstić information content (AvgIpc) is 3.25. The lowest BCUT2D eigenvalue weighted by molar-refractivity contribution is -0.117. The zero-order valence-electron chi connectivity index (χ0n) is 16.3. The minimum Gasteiger partial charge on any atom is -0.310 e. The summed E-state index contributed by atoms with van der Waals surface area (Å²) >= 11 is 1.77. The van der Waals surface area contributed by atoms with Crippen LogP contribution in [0.3, 0.4) is 0 Å². The lowest BCUT2D eigenvalue weighted by Gasteiger charge is -2.26. The number of hydrogen-bond acceptors (Lipinski definition) is 4. The summed E-state index contributed by atoms with van der Waals surface area (Å²) in [5.74, 6) is -0.0624. The van der Waals surface area contributed by atoms with Crippen LogP contribution in [0.1, 0.15) is 27.3 Å². The fraction of sp³-hybridized carbons (Fsp3) is 0.273. The smallest absolute Gasteiger partial charge is 0.239 e. The van der Waals surface area contributed by atoms with Gasteiger partial charge in [0, 0.05) is 29.3 Å². The van der Waals surface area contributed by atoms with Crippen molar-refractivity contribution in [1.82, 2.24) is 9.47 Å². The molecule has 0 atom stereocenters. The van der Waals surface area contributed by atoms with Crippen molar-refractivity contribution in [2.24, 2.45) is 0 Å². The van der Waals surface area contributed by atoms with Crippen molar-refractivity contribution >= 4 is 23.1 Å². The molecule has 1 aliphatic rings. The molecule has 29 heavy (non-hydrogen) atoms. The highest BCUT2D eigenvalue weighted by Gasteiger charge is 2.23. The van der Waals surface area contributed by atoms with Gasteiger partial charge >= 0.3 is 0 Å². The Morgan fingerprint density at radius 2 is 2.03 bits per heavy atom. The number of carbonyl (C=O) groups excluding carboxylic acids is 1. The molecule has 0 unspecified atom stereocenters. The predicted octanol–water partition coefficient (Wildman–Crippen LogP) is 4.16. The topological polar surface area (TPSA) is 61.1 Å². The van der Waals surface area contributed by atoms with E-state index in [9.17, 15) is 14.4 Å². The van der Waals surface area contributed by atoms with Crippen molar-refractivity contribution in [2.45, 2.75) is 26.8 Å². The van der Waals surface area contributed by atoms with E-state index in [1.165, 1.54) is 22.6 Å². The van der Waals surface area contributed by atoms with Gasteiger partial charge in [0.15, 0.2) is 0 Å². The van der Waals surface area contributed by atoms with Crippen LogP contribution in [0.25, 0.3) is 5.69 Å². The lowest BCUT2D eigenvalue weighted by Crippen LogP contribution is -2.37. The zero-order valence-corrected chi connectivity index (χ0v) is 17.1. The third-order valence-corrected chi connectivity index (χ3v) is 6.44. The monoisotopic (exact) mass is 408 g/mol. The molecule has 1 aliphatic heterocycles. The van der Waals surface area contributed by atoms with Gasteiger partial charge in [-0.15, -0.1) is 11.3 Å². The number of aromatic nitrogens is 1. The van der Waals surface area contributed by atoms with E-state index in [0.717, 1.165) is 30.8 Å². The van der Waals surface area contributed by atoms with Crippen LogP contribution in [0.4, 0.5) is 10.2 Å². The quantitative estimate of drug-likeness (QED) is 0.705. The first-order valence-corrected chi connectivity index (χ1v) is 10.3. The summed E-state index contributed by atoms with van der Waals surface area (Å²) in [6.45, 7) is 5.59. The molecule has 1 N–H and O–H groups in total. The number of thiophene rings is 1. The molecule has 0 bridgehead atoms. The molecule has 0 saturated carbocycles. The first kappa shape index (κ1) is 19.4. The van der Waals surface area contributed by atoms with Gasteiger partial charge in [-0.3, -0.25) is 14.3 Å². The van der Waals surface area contributed by atoms with E-state index >= 15 is 0 Å². The molecule has 1 amide bonds. The highest BCUT2D eigenvalue weighted by molar-refractivity contribution is 7.10. The Hall–Kier alpha value is -2.95. The normalized spacial score (nSPS) is 13.7. The molecule has 0 aliphatic carbocycles. The van der Waals surface area contributed by atoms with Gasteiger partial charge < -0.3 is 5.32 Å². The molecule has 0 radical (unpaired) electrons. The van der Waals surface area contributed by atoms with Gasteiger partial charge in [-0.2, -0.15) is 5.26 Å². The van der Waals surface area contributed by atoms with Crippen molar-refractivity contribution in [3.8, 4) is 11.8 Å². The summed E-state index contributed by atoms with van der Waals surface area (Å²) in [4.78, 5) is 16.3. The number of hydrogen-bond donors (Lipinski definition) is 1. The highest BCUT2D eigenvalue weighted by atomic mass is 32.1. The van der Waals surface area contributed by atoms with E-state index in [-0.39, 0.29) is 18.3 Å². The molecule has 3 heterocycles. The van der Waals surface area contributed by atoms with Crippen LogP contribution in [0.5, 0.6) is 0 Å². The molecule has 148 valence electrons. The maximum Gasteiger partial charge on any atom is 0.239 e. The number of carbonyl (C=O) groups is 1. The summed E-state index contributed by atoms with van der Waals surface area (Å²) < 4.78 is 15.2. The zero-order chi connectivity index (χ0) is 20.5. The van der Waals surface area contributed by atoms with Gasteiger partial charge in [-0.25, -0.2) is 4.39 Å². The van der Waals surface area contributed by atoms with E-state index in [1.54, 1.807) is 28.0 Å². The Labute approximate surface area is 173 Å². The van der Waals surface area contributed by atoms with E-state index in [4.69, 9.17) is 0 Å². The second-order valence-electron chi connectivity index (χ2n) is 7.24. The first-order chi connectivity index (χ1) is 14.0. The molecule has 5 nitrogen and oxygen atoms in total. The fourth-order valence-corrected chi connectivity index (χ4v) is 4.68. The third-order valence-electron chi connectivity index (χ3n) is 5.42. The molecule has 0 saturated heterocycles. The molecule has 0 spiro atoms. The summed E-state index contributed by atoms with van der Waals surface area (Å²) in [5.41, 5.74) is 4.05. The standard InChI is InChI=1S/C22H21FN4OS/c1-14-15(2)27(18-5-3-17(23)4-6-18)22(19(14)11-24)25-21(28)13-26-9-7-20-16(12-26)8-10-29-20/h3-6,8,10H,7,9,12-13H2,1-2H3,(H,25,28).